The van der Waals surface area contributed by atoms with Crippen molar-refractivity contribution in [1.29, 1.82) is 15.8 Å². The fourth-order valence-electron chi connectivity index (χ4n) is 13.7. The molecule has 0 spiro atoms. The molecule has 11 heterocycles. The van der Waals surface area contributed by atoms with Crippen molar-refractivity contribution >= 4 is 113 Å². The van der Waals surface area contributed by atoms with Crippen molar-refractivity contribution in [3.8, 4) is 18.2 Å². The molecule has 0 radical (unpaired) electrons. The van der Waals surface area contributed by atoms with E-state index in [0.29, 0.717) is 60.1 Å². The Labute approximate surface area is 645 Å². The van der Waals surface area contributed by atoms with Gasteiger partial charge in [0.05, 0.1) is 34.6 Å². The molecular weight excluding hydrogens is 1480 g/mol. The van der Waals surface area contributed by atoms with Crippen molar-refractivity contribution in [3.63, 3.8) is 0 Å². The van der Waals surface area contributed by atoms with Gasteiger partial charge in [0.2, 0.25) is 0 Å². The minimum absolute atomic E-state index is 0.00245. The van der Waals surface area contributed by atoms with E-state index in [-0.39, 0.29) is 91.0 Å². The first-order valence-corrected chi connectivity index (χ1v) is 41.3. The number of benzene rings is 2. The Kier molecular flexibility index (Phi) is 28.9. The van der Waals surface area contributed by atoms with Crippen LogP contribution in [0.15, 0.2) is 83.1 Å². The molecule has 37 heteroatoms. The van der Waals surface area contributed by atoms with Crippen LogP contribution < -0.4 is 57.7 Å². The van der Waals surface area contributed by atoms with Gasteiger partial charge in [-0.25, -0.2) is 71.1 Å². The number of primary amides is 1. The van der Waals surface area contributed by atoms with Gasteiger partial charge < -0.3 is 72.4 Å². The van der Waals surface area contributed by atoms with Gasteiger partial charge in [0.1, 0.15) is 41.5 Å². The maximum absolute atomic E-state index is 12.6. The number of nitrogens with zero attached hydrogens (tertiary/aromatic N) is 18. The number of sulfone groups is 2. The molecule has 109 heavy (non-hydrogen) atoms. The lowest BCUT2D eigenvalue weighted by Crippen LogP contribution is -2.52. The number of aromatic nitrogens is 8. The average molecular weight is 1570 g/mol. The SMILES string of the molecule is CS(=O)(=O)c1ccc(Nc2nc(N3CCC[C@@H](NC(=O)N4CCCCC4)C3)cnc2C#N)cc1.CS(=O)(=O)c1ccc(Nc2nc(N3CCC[C@@H](NC(=O)N4CCCCC4)C3)cnc2C(N)=O)cc1.N#Cc1ncc(N2CCC[C@@H](N)C2)nc1Cl.N#Cc1ncc(N2CCC[C@@H](NC(=O)N3CCCCC3)C2)nc1Cl. The van der Waals surface area contributed by atoms with Crippen LogP contribution in [0.25, 0.3) is 0 Å². The number of carbonyl (C=O) groups excluding carboxylic acids is 4. The first-order valence-electron chi connectivity index (χ1n) is 36.8. The Morgan fingerprint density at radius 3 is 1.09 bits per heavy atom. The molecule has 7 aliphatic heterocycles. The van der Waals surface area contributed by atoms with Crippen LogP contribution in [0, 0.1) is 34.0 Å². The van der Waals surface area contributed by atoms with E-state index in [2.05, 4.69) is 76.3 Å². The number of amides is 7. The number of carbonyl (C=O) groups is 4. The summed E-state index contributed by atoms with van der Waals surface area (Å²) in [4.78, 5) is 98.0. The normalized spacial score (nSPS) is 19.6. The number of nitrogens with two attached hydrogens (primary N) is 2. The predicted molar refractivity (Wildman–Crippen MR) is 413 cm³/mol. The molecule has 7 amide bonds. The predicted octanol–water partition coefficient (Wildman–Crippen LogP) is 7.64. The minimum Gasteiger partial charge on any atom is -0.364 e. The van der Waals surface area contributed by atoms with E-state index >= 15 is 0 Å². The second-order valence-corrected chi connectivity index (χ2v) is 32.6. The van der Waals surface area contributed by atoms with Gasteiger partial charge in [-0.3, -0.25) is 4.79 Å². The van der Waals surface area contributed by atoms with E-state index in [1.165, 1.54) is 49.7 Å². The van der Waals surface area contributed by atoms with Crippen molar-refractivity contribution in [2.24, 2.45) is 11.5 Å². The summed E-state index contributed by atoms with van der Waals surface area (Å²) in [6.45, 7) is 10.8. The standard InChI is InChI=1S/C23H31N7O4S.C23H29N7O3S.C16H21ClN6O.C10H12ClN5/c1-35(33,34)18-9-7-16(8-10-18)26-22-20(21(24)31)25-14-19(28-22)30-13-5-6-17(15-30)27-23(32)29-11-3-2-4-12-29;1-34(32,33)19-9-7-17(8-10-19)26-22-20(14-24)25-15-21(28-22)30-13-5-6-18(16-30)27-23(31)29-11-3-2-4-12-29;17-15-13(9-18)19-10-14(21-15)23-8-4-5-12(11-23)20-16(24)22-6-2-1-3-7-22;11-10-8(4-12)14-5-9(15-10)16-3-1-2-7(13)6-16/h7-10,14,17H,2-6,11-13,15H2,1H3,(H2,24,31)(H,26,28)(H,27,32);7-10,15,18H,2-6,11-13,16H2,1H3,(H,26,28)(H,27,31);10,12H,1-8,11H2,(H,20,24);5,7H,1-3,6,13H2/t17-;18-;12-;7-/m1111/s1. The van der Waals surface area contributed by atoms with Crippen LogP contribution in [0.4, 0.5) is 60.7 Å². The summed E-state index contributed by atoms with van der Waals surface area (Å²) >= 11 is 11.8. The van der Waals surface area contributed by atoms with Gasteiger partial charge in [0.25, 0.3) is 5.91 Å². The second kappa shape index (κ2) is 38.7. The lowest BCUT2D eigenvalue weighted by Gasteiger charge is -2.36. The number of likely N-dealkylation sites (tertiary alicyclic amines) is 3. The minimum atomic E-state index is -3.33. The summed E-state index contributed by atoms with van der Waals surface area (Å²) in [6, 6.07) is 18.5. The Hall–Kier alpha value is -10.2. The first-order chi connectivity index (χ1) is 52.4. The number of rotatable bonds is 14. The zero-order chi connectivity index (χ0) is 77.6. The molecule has 13 rings (SSSR count). The molecule has 6 aromatic rings. The lowest BCUT2D eigenvalue weighted by molar-refractivity contribution is 0.0996. The van der Waals surface area contributed by atoms with Gasteiger partial charge in [0, 0.05) is 140 Å². The number of hydrogen-bond acceptors (Lipinski definition) is 26. The number of nitrogens with one attached hydrogen (secondary N) is 5. The summed E-state index contributed by atoms with van der Waals surface area (Å²) in [6.07, 6.45) is 26.0. The van der Waals surface area contributed by atoms with Crippen LogP contribution in [-0.2, 0) is 19.7 Å². The summed E-state index contributed by atoms with van der Waals surface area (Å²) < 4.78 is 46.8. The highest BCUT2D eigenvalue weighted by Gasteiger charge is 2.31. The molecule has 0 unspecified atom stereocenters. The van der Waals surface area contributed by atoms with Crippen molar-refractivity contribution in [1.82, 2.24) is 70.5 Å². The quantitative estimate of drug-likeness (QED) is 0.0550. The van der Waals surface area contributed by atoms with E-state index in [1.807, 2.05) is 42.7 Å². The van der Waals surface area contributed by atoms with E-state index in [0.717, 1.165) is 174 Å². The molecule has 2 aromatic carbocycles. The smallest absolute Gasteiger partial charge is 0.317 e. The molecule has 33 nitrogen and oxygen atoms in total. The number of piperidine rings is 7. The van der Waals surface area contributed by atoms with Gasteiger partial charge in [0.15, 0.2) is 64.4 Å². The fourth-order valence-corrected chi connectivity index (χ4v) is 15.3. The number of nitriles is 3. The topological polar surface area (TPSA) is 446 Å². The maximum atomic E-state index is 12.6. The molecule has 7 fully saturated rings. The Balaban J connectivity index is 0.000000160. The molecule has 0 saturated carbocycles. The van der Waals surface area contributed by atoms with Crippen LogP contribution in [0.2, 0.25) is 10.3 Å². The third-order valence-electron chi connectivity index (χ3n) is 19.5. The van der Waals surface area contributed by atoms with Gasteiger partial charge >= 0.3 is 18.1 Å². The number of anilines is 8. The highest BCUT2D eigenvalue weighted by molar-refractivity contribution is 7.91. The second-order valence-electron chi connectivity index (χ2n) is 27.8. The van der Waals surface area contributed by atoms with Crippen LogP contribution in [0.5, 0.6) is 0 Å². The zero-order valence-corrected chi connectivity index (χ0v) is 64.3. The van der Waals surface area contributed by atoms with E-state index in [4.69, 9.17) is 45.2 Å². The van der Waals surface area contributed by atoms with E-state index in [9.17, 15) is 41.3 Å². The zero-order valence-electron chi connectivity index (χ0n) is 61.2. The molecule has 4 atom stereocenters. The van der Waals surface area contributed by atoms with Crippen molar-refractivity contribution in [3.05, 3.63) is 106 Å². The lowest BCUT2D eigenvalue weighted by atomic mass is 10.1. The number of hydrogen-bond donors (Lipinski definition) is 7. The summed E-state index contributed by atoms with van der Waals surface area (Å²) in [7, 11) is -6.62. The molecule has 0 bridgehead atoms. The van der Waals surface area contributed by atoms with Crippen LogP contribution in [-0.4, -0.2) is 224 Å². The van der Waals surface area contributed by atoms with E-state index < -0.39 is 25.6 Å². The first kappa shape index (κ1) is 81.3. The molecule has 7 saturated heterocycles. The molecule has 580 valence electrons. The molecule has 9 N–H and O–H groups in total. The highest BCUT2D eigenvalue weighted by Crippen LogP contribution is 2.29. The van der Waals surface area contributed by atoms with E-state index in [1.54, 1.807) is 42.9 Å². The largest absolute Gasteiger partial charge is 0.364 e. The van der Waals surface area contributed by atoms with Gasteiger partial charge in [-0.1, -0.05) is 23.2 Å². The number of halogens is 2. The average Bonchev–Trinajstić information content (AvgIpc) is 0.810. The number of urea groups is 3. The monoisotopic (exact) mass is 1570 g/mol. The summed E-state index contributed by atoms with van der Waals surface area (Å²) in [5.74, 6) is 2.27. The van der Waals surface area contributed by atoms with Crippen molar-refractivity contribution in [2.75, 3.05) is 134 Å². The molecular formula is C72H93Cl2N25O8S2. The molecule has 4 aromatic heterocycles. The fraction of sp³-hybridized carbons (Fsp3) is 0.514. The maximum Gasteiger partial charge on any atom is 0.317 e. The van der Waals surface area contributed by atoms with Crippen molar-refractivity contribution in [2.45, 2.75) is 143 Å². The van der Waals surface area contributed by atoms with Crippen LogP contribution in [0.1, 0.15) is 137 Å². The van der Waals surface area contributed by atoms with Crippen LogP contribution in [0.3, 0.4) is 0 Å². The van der Waals surface area contributed by atoms with Gasteiger partial charge in [-0.2, -0.15) is 15.8 Å². The van der Waals surface area contributed by atoms with Crippen LogP contribution >= 0.6 is 23.2 Å². The Bertz CT molecular complexity index is 4520. The Morgan fingerprint density at radius 1 is 0.431 bits per heavy atom. The van der Waals surface area contributed by atoms with Gasteiger partial charge in [-0.05, 0) is 158 Å². The molecule has 7 aliphatic rings. The summed E-state index contributed by atoms with van der Waals surface area (Å²) in [5.41, 5.74) is 12.9. The third-order valence-corrected chi connectivity index (χ3v) is 22.3. The summed E-state index contributed by atoms with van der Waals surface area (Å²) in [5, 5.41) is 42.9. The molecule has 0 aliphatic carbocycles. The highest BCUT2D eigenvalue weighted by atomic mass is 35.5. The van der Waals surface area contributed by atoms with Crippen molar-refractivity contribution < 1.29 is 36.0 Å². The third kappa shape index (κ3) is 23.4. The van der Waals surface area contributed by atoms with Gasteiger partial charge in [-0.15, -0.1) is 0 Å². The Morgan fingerprint density at radius 2 is 0.752 bits per heavy atom.